The van der Waals surface area contributed by atoms with Crippen molar-refractivity contribution >= 4 is 16.7 Å². The van der Waals surface area contributed by atoms with Crippen LogP contribution in [0.25, 0.3) is 10.9 Å². The highest BCUT2D eigenvalue weighted by atomic mass is 19.3. The van der Waals surface area contributed by atoms with Crippen molar-refractivity contribution in [1.82, 2.24) is 9.97 Å². The molecule has 2 heterocycles. The minimum absolute atomic E-state index is 0.000321. The van der Waals surface area contributed by atoms with E-state index >= 15 is 4.39 Å². The largest absolute Gasteiger partial charge is 0.492 e. The Labute approximate surface area is 212 Å². The van der Waals surface area contributed by atoms with E-state index in [2.05, 4.69) is 15.3 Å². The third kappa shape index (κ3) is 4.51. The normalized spacial score (nSPS) is 22.5. The number of fused-ring (bicyclic) bond motifs is 3. The highest BCUT2D eigenvalue weighted by Gasteiger charge is 2.40. The Balaban J connectivity index is 1.60. The number of benzene rings is 2. The van der Waals surface area contributed by atoms with Gasteiger partial charge in [0.25, 0.3) is 5.92 Å². The van der Waals surface area contributed by atoms with Crippen molar-refractivity contribution in [1.29, 1.82) is 0 Å². The van der Waals surface area contributed by atoms with E-state index in [0.717, 1.165) is 11.6 Å². The molecule has 2 aromatic carbocycles. The van der Waals surface area contributed by atoms with E-state index in [1.54, 1.807) is 19.9 Å². The number of halogens is 3. The molecule has 4 N–H and O–H groups in total. The summed E-state index contributed by atoms with van der Waals surface area (Å²) in [6, 6.07) is 4.73. The number of anilines is 1. The highest BCUT2D eigenvalue weighted by Crippen LogP contribution is 2.47. The molecule has 0 saturated heterocycles. The molecule has 0 amide bonds. The molecule has 1 saturated carbocycles. The van der Waals surface area contributed by atoms with Crippen molar-refractivity contribution in [3.63, 3.8) is 0 Å². The number of hydrogen-bond acceptors (Lipinski definition) is 7. The standard InChI is InChI=1S/C27H30F3N3O4/c1-14(17-4-3-5-20(22(17)28)27(29,30)13-34)31-25-19-12-21(26(36)9-6-16(35)7-10-26)24-18(8-11-37-24)23(19)32-15(2)33-25/h3-5,12,14,16,34-36H,6-11,13H2,1-2H3,(H,31,32,33)/t14-,16?,26?/m1/s1. The zero-order valence-electron chi connectivity index (χ0n) is 20.7. The van der Waals surface area contributed by atoms with Crippen molar-refractivity contribution in [3.8, 4) is 5.75 Å². The zero-order valence-corrected chi connectivity index (χ0v) is 20.7. The van der Waals surface area contributed by atoms with Crippen molar-refractivity contribution < 1.29 is 33.2 Å². The van der Waals surface area contributed by atoms with Crippen LogP contribution in [0.3, 0.4) is 0 Å². The Kier molecular flexibility index (Phi) is 6.54. The van der Waals surface area contributed by atoms with Gasteiger partial charge < -0.3 is 25.4 Å². The van der Waals surface area contributed by atoms with E-state index in [9.17, 15) is 19.0 Å². The fourth-order valence-corrected chi connectivity index (χ4v) is 5.42. The van der Waals surface area contributed by atoms with Gasteiger partial charge in [0.1, 0.15) is 29.8 Å². The SMILES string of the molecule is Cc1nc(N[C@H](C)c2cccc(C(F)(F)CO)c2F)c2cc(C3(O)CCC(O)CC3)c3c(c2n1)CCO3. The van der Waals surface area contributed by atoms with Crippen LogP contribution in [0.4, 0.5) is 19.0 Å². The highest BCUT2D eigenvalue weighted by molar-refractivity contribution is 5.94. The summed E-state index contributed by atoms with van der Waals surface area (Å²) in [5, 5.41) is 34.3. The maximum absolute atomic E-state index is 15.1. The number of aryl methyl sites for hydroxylation is 1. The van der Waals surface area contributed by atoms with Crippen LogP contribution < -0.4 is 10.1 Å². The molecule has 1 atom stereocenters. The Morgan fingerprint density at radius 1 is 1.24 bits per heavy atom. The van der Waals surface area contributed by atoms with Crippen molar-refractivity contribution in [2.24, 2.45) is 0 Å². The molecular weight excluding hydrogens is 487 g/mol. The number of nitrogens with zero attached hydrogens (tertiary/aromatic N) is 2. The summed E-state index contributed by atoms with van der Waals surface area (Å²) in [5.41, 5.74) is 0.0520. The molecule has 5 rings (SSSR count). The Hall–Kier alpha value is -2.95. The molecule has 37 heavy (non-hydrogen) atoms. The zero-order chi connectivity index (χ0) is 26.5. The lowest BCUT2D eigenvalue weighted by Crippen LogP contribution is -2.33. The molecule has 0 unspecified atom stereocenters. The average Bonchev–Trinajstić information content (AvgIpc) is 3.36. The van der Waals surface area contributed by atoms with Gasteiger partial charge in [-0.05, 0) is 51.7 Å². The van der Waals surface area contributed by atoms with E-state index in [0.29, 0.717) is 72.6 Å². The first kappa shape index (κ1) is 25.7. The molecule has 1 aliphatic heterocycles. The van der Waals surface area contributed by atoms with Crippen molar-refractivity contribution in [3.05, 3.63) is 58.2 Å². The lowest BCUT2D eigenvalue weighted by atomic mass is 9.77. The second-order valence-electron chi connectivity index (χ2n) is 10.0. The van der Waals surface area contributed by atoms with Gasteiger partial charge in [-0.3, -0.25) is 0 Å². The van der Waals surface area contributed by atoms with Gasteiger partial charge in [0, 0.05) is 28.5 Å². The summed E-state index contributed by atoms with van der Waals surface area (Å²) in [6.07, 6.45) is 1.81. The third-order valence-electron chi connectivity index (χ3n) is 7.47. The fourth-order valence-electron chi connectivity index (χ4n) is 5.42. The first-order valence-corrected chi connectivity index (χ1v) is 12.5. The van der Waals surface area contributed by atoms with Crippen LogP contribution in [0.2, 0.25) is 0 Å². The van der Waals surface area contributed by atoms with E-state index in [-0.39, 0.29) is 5.56 Å². The molecule has 1 aliphatic carbocycles. The number of hydrogen-bond donors (Lipinski definition) is 4. The molecule has 7 nitrogen and oxygen atoms in total. The number of rotatable bonds is 6. The summed E-state index contributed by atoms with van der Waals surface area (Å²) in [7, 11) is 0. The molecule has 0 spiro atoms. The number of aliphatic hydroxyl groups is 3. The monoisotopic (exact) mass is 517 g/mol. The van der Waals surface area contributed by atoms with Crippen LogP contribution in [-0.2, 0) is 17.9 Å². The number of nitrogens with one attached hydrogen (secondary N) is 1. The number of alkyl halides is 2. The lowest BCUT2D eigenvalue weighted by molar-refractivity contribution is -0.0583. The van der Waals surface area contributed by atoms with Gasteiger partial charge in [-0.1, -0.05) is 12.1 Å². The lowest BCUT2D eigenvalue weighted by Gasteiger charge is -2.35. The second kappa shape index (κ2) is 9.41. The fraction of sp³-hybridized carbons (Fsp3) is 0.481. The molecule has 10 heteroatoms. The van der Waals surface area contributed by atoms with Gasteiger partial charge in [0.05, 0.1) is 35.4 Å². The number of aliphatic hydroxyl groups excluding tert-OH is 2. The smallest absolute Gasteiger partial charge is 0.298 e. The van der Waals surface area contributed by atoms with Gasteiger partial charge in [0.15, 0.2) is 0 Å². The van der Waals surface area contributed by atoms with Gasteiger partial charge in [-0.15, -0.1) is 0 Å². The molecular formula is C27H30F3N3O4. The third-order valence-corrected chi connectivity index (χ3v) is 7.47. The first-order valence-electron chi connectivity index (χ1n) is 12.5. The summed E-state index contributed by atoms with van der Waals surface area (Å²) >= 11 is 0. The molecule has 0 radical (unpaired) electrons. The maximum Gasteiger partial charge on any atom is 0.298 e. The number of aromatic nitrogens is 2. The van der Waals surface area contributed by atoms with Crippen LogP contribution >= 0.6 is 0 Å². The van der Waals surface area contributed by atoms with E-state index in [1.807, 2.05) is 0 Å². The van der Waals surface area contributed by atoms with Gasteiger partial charge in [-0.25, -0.2) is 14.4 Å². The molecule has 1 aromatic heterocycles. The van der Waals surface area contributed by atoms with E-state index in [4.69, 9.17) is 9.84 Å². The molecule has 3 aromatic rings. The molecule has 2 aliphatic rings. The average molecular weight is 518 g/mol. The summed E-state index contributed by atoms with van der Waals surface area (Å²) in [6.45, 7) is 2.31. The quantitative estimate of drug-likeness (QED) is 0.384. The Morgan fingerprint density at radius 2 is 1.97 bits per heavy atom. The van der Waals surface area contributed by atoms with Crippen molar-refractivity contribution in [2.45, 2.75) is 69.6 Å². The second-order valence-corrected chi connectivity index (χ2v) is 10.0. The minimum atomic E-state index is -3.71. The predicted octanol–water partition coefficient (Wildman–Crippen LogP) is 4.39. The first-order chi connectivity index (χ1) is 17.5. The van der Waals surface area contributed by atoms with Crippen LogP contribution in [0.1, 0.15) is 66.7 Å². The molecule has 1 fully saturated rings. The van der Waals surface area contributed by atoms with Crippen LogP contribution in [0.15, 0.2) is 24.3 Å². The van der Waals surface area contributed by atoms with Crippen molar-refractivity contribution in [2.75, 3.05) is 18.5 Å². The topological polar surface area (TPSA) is 108 Å². The number of ether oxygens (including phenoxy) is 1. The summed E-state index contributed by atoms with van der Waals surface area (Å²) in [4.78, 5) is 9.17. The summed E-state index contributed by atoms with van der Waals surface area (Å²) < 4.78 is 49.3. The maximum atomic E-state index is 15.1. The van der Waals surface area contributed by atoms with Crippen LogP contribution in [0, 0.1) is 12.7 Å². The van der Waals surface area contributed by atoms with Gasteiger partial charge >= 0.3 is 0 Å². The van der Waals surface area contributed by atoms with Crippen LogP contribution in [0.5, 0.6) is 5.75 Å². The van der Waals surface area contributed by atoms with E-state index in [1.165, 1.54) is 12.1 Å². The van der Waals surface area contributed by atoms with Gasteiger partial charge in [-0.2, -0.15) is 8.78 Å². The van der Waals surface area contributed by atoms with Gasteiger partial charge in [0.2, 0.25) is 0 Å². The summed E-state index contributed by atoms with van der Waals surface area (Å²) in [5.74, 6) is -3.36. The Bertz CT molecular complexity index is 1340. The molecule has 0 bridgehead atoms. The van der Waals surface area contributed by atoms with E-state index < -0.39 is 41.7 Å². The minimum Gasteiger partial charge on any atom is -0.492 e. The Morgan fingerprint density at radius 3 is 2.68 bits per heavy atom. The molecule has 198 valence electrons. The predicted molar refractivity (Wildman–Crippen MR) is 131 cm³/mol. The van der Waals surface area contributed by atoms with Crippen LogP contribution in [-0.4, -0.2) is 44.6 Å².